The molecular weight excluding hydrogens is 132 g/mol. The van der Waals surface area contributed by atoms with Crippen molar-refractivity contribution in [2.75, 3.05) is 6.61 Å². The van der Waals surface area contributed by atoms with E-state index in [1.165, 1.54) is 6.20 Å². The lowest BCUT2D eigenvalue weighted by Gasteiger charge is -1.93. The van der Waals surface area contributed by atoms with Crippen molar-refractivity contribution in [3.05, 3.63) is 12.1 Å². The van der Waals surface area contributed by atoms with Crippen molar-refractivity contribution >= 4 is 0 Å². The van der Waals surface area contributed by atoms with Gasteiger partial charge in [0, 0.05) is 0 Å². The van der Waals surface area contributed by atoms with Gasteiger partial charge in [-0.2, -0.15) is 0 Å². The third-order valence-electron chi connectivity index (χ3n) is 0.994. The molecule has 1 heterocycles. The Hall–Kier alpha value is -1.03. The Morgan fingerprint density at radius 3 is 3.10 bits per heavy atom. The Bertz CT molecular complexity index is 197. The minimum absolute atomic E-state index is 0.313. The Morgan fingerprint density at radius 1 is 1.80 bits per heavy atom. The summed E-state index contributed by atoms with van der Waals surface area (Å²) in [4.78, 5) is 3.84. The number of aromatic nitrogens is 1. The molecule has 10 heavy (non-hydrogen) atoms. The van der Waals surface area contributed by atoms with Gasteiger partial charge in [-0.25, -0.2) is 4.98 Å². The molecular formula is C6H10N2O2. The molecule has 0 amide bonds. The molecule has 0 aliphatic carbocycles. The first-order valence-corrected chi connectivity index (χ1v) is 3.14. The second-order valence-corrected chi connectivity index (χ2v) is 1.71. The number of nitrogens with zero attached hydrogens (tertiary/aromatic N) is 1. The monoisotopic (exact) mass is 142 g/mol. The van der Waals surface area contributed by atoms with Crippen LogP contribution >= 0.6 is 0 Å². The number of hydrogen-bond acceptors (Lipinski definition) is 4. The smallest absolute Gasteiger partial charge is 0.305 e. The highest BCUT2D eigenvalue weighted by Gasteiger charge is 1.99. The normalized spacial score (nSPS) is 9.80. The van der Waals surface area contributed by atoms with Gasteiger partial charge >= 0.3 is 5.95 Å². The van der Waals surface area contributed by atoms with E-state index in [9.17, 15) is 0 Å². The second-order valence-electron chi connectivity index (χ2n) is 1.71. The predicted molar refractivity (Wildman–Crippen MR) is 35.6 cm³/mol. The Morgan fingerprint density at radius 2 is 2.60 bits per heavy atom. The van der Waals surface area contributed by atoms with Gasteiger partial charge in [0.15, 0.2) is 0 Å². The van der Waals surface area contributed by atoms with Crippen LogP contribution in [0.3, 0.4) is 0 Å². The zero-order valence-electron chi connectivity index (χ0n) is 5.83. The lowest BCUT2D eigenvalue weighted by molar-refractivity contribution is 0.250. The van der Waals surface area contributed by atoms with Crippen LogP contribution in [0.1, 0.15) is 12.8 Å². The summed E-state index contributed by atoms with van der Waals surface area (Å²) in [5.41, 5.74) is 5.25. The molecule has 0 saturated carbocycles. The number of hydrogen-bond donors (Lipinski definition) is 1. The summed E-state index contributed by atoms with van der Waals surface area (Å²) in [6, 6.07) is 0. The van der Waals surface area contributed by atoms with Crippen LogP contribution in [-0.4, -0.2) is 11.6 Å². The summed E-state index contributed by atoms with van der Waals surface area (Å²) in [5, 5.41) is 0. The van der Waals surface area contributed by atoms with E-state index in [2.05, 4.69) is 4.98 Å². The van der Waals surface area contributed by atoms with Crippen molar-refractivity contribution in [1.82, 2.24) is 4.98 Å². The van der Waals surface area contributed by atoms with Gasteiger partial charge in [0.1, 0.15) is 6.20 Å². The highest BCUT2D eigenvalue weighted by atomic mass is 16.6. The highest BCUT2D eigenvalue weighted by molar-refractivity contribution is 4.99. The van der Waals surface area contributed by atoms with E-state index < -0.39 is 0 Å². The molecule has 2 N–H and O–H groups in total. The maximum Gasteiger partial charge on any atom is 0.305 e. The van der Waals surface area contributed by atoms with E-state index in [0.29, 0.717) is 25.0 Å². The lowest BCUT2D eigenvalue weighted by atomic mass is 10.7. The maximum absolute atomic E-state index is 5.25. The Labute approximate surface area is 59.0 Å². The van der Waals surface area contributed by atoms with Crippen LogP contribution in [0.4, 0.5) is 0 Å². The van der Waals surface area contributed by atoms with E-state index >= 15 is 0 Å². The van der Waals surface area contributed by atoms with E-state index in [0.717, 1.165) is 0 Å². The van der Waals surface area contributed by atoms with Crippen LogP contribution in [0.15, 0.2) is 10.6 Å². The van der Waals surface area contributed by atoms with Gasteiger partial charge in [-0.1, -0.05) is 0 Å². The van der Waals surface area contributed by atoms with Gasteiger partial charge in [0.2, 0.25) is 5.89 Å². The molecule has 4 heteroatoms. The molecule has 0 aliphatic heterocycles. The van der Waals surface area contributed by atoms with Crippen molar-refractivity contribution < 1.29 is 9.15 Å². The number of rotatable bonds is 3. The fourth-order valence-corrected chi connectivity index (χ4v) is 0.597. The molecule has 0 spiro atoms. The molecule has 0 unspecified atom stereocenters. The molecule has 4 nitrogen and oxygen atoms in total. The minimum atomic E-state index is 0.313. The highest BCUT2D eigenvalue weighted by Crippen LogP contribution is 2.10. The van der Waals surface area contributed by atoms with Gasteiger partial charge < -0.3 is 14.9 Å². The molecule has 0 atom stereocenters. The largest absolute Gasteiger partial charge is 0.464 e. The SMILES string of the molecule is CCOc1cnc(CN)o1. The number of ether oxygens (including phenoxy) is 1. The topological polar surface area (TPSA) is 61.3 Å². The zero-order chi connectivity index (χ0) is 7.40. The molecule has 1 aromatic heterocycles. The van der Waals surface area contributed by atoms with E-state index in [4.69, 9.17) is 14.9 Å². The molecule has 1 rings (SSSR count). The lowest BCUT2D eigenvalue weighted by Crippen LogP contribution is -1.95. The van der Waals surface area contributed by atoms with Crippen LogP contribution in [0.2, 0.25) is 0 Å². The van der Waals surface area contributed by atoms with E-state index in [1.54, 1.807) is 0 Å². The average Bonchev–Trinajstić information content (AvgIpc) is 2.37. The molecule has 0 radical (unpaired) electrons. The first kappa shape index (κ1) is 7.08. The van der Waals surface area contributed by atoms with Gasteiger partial charge in [0.05, 0.1) is 13.2 Å². The molecule has 0 aliphatic rings. The van der Waals surface area contributed by atoms with Gasteiger partial charge in [-0.15, -0.1) is 0 Å². The van der Waals surface area contributed by atoms with Crippen molar-refractivity contribution in [3.63, 3.8) is 0 Å². The molecule has 0 aromatic carbocycles. The van der Waals surface area contributed by atoms with Crippen LogP contribution in [0, 0.1) is 0 Å². The second kappa shape index (κ2) is 3.22. The average molecular weight is 142 g/mol. The Balaban J connectivity index is 2.59. The first-order valence-electron chi connectivity index (χ1n) is 3.14. The summed E-state index contributed by atoms with van der Waals surface area (Å²) in [6.45, 7) is 2.77. The number of nitrogens with two attached hydrogens (primary N) is 1. The first-order chi connectivity index (χ1) is 4.86. The third kappa shape index (κ3) is 1.48. The molecule has 1 aromatic rings. The van der Waals surface area contributed by atoms with Crippen LogP contribution < -0.4 is 10.5 Å². The van der Waals surface area contributed by atoms with Crippen molar-refractivity contribution in [1.29, 1.82) is 0 Å². The van der Waals surface area contributed by atoms with Gasteiger partial charge in [0.25, 0.3) is 0 Å². The van der Waals surface area contributed by atoms with Crippen LogP contribution in [-0.2, 0) is 6.54 Å². The summed E-state index contributed by atoms with van der Waals surface area (Å²) >= 11 is 0. The standard InChI is InChI=1S/C6H10N2O2/c1-2-9-6-4-8-5(3-7)10-6/h4H,2-3,7H2,1H3. The van der Waals surface area contributed by atoms with Crippen molar-refractivity contribution in [2.45, 2.75) is 13.5 Å². The summed E-state index contributed by atoms with van der Waals surface area (Å²) in [7, 11) is 0. The van der Waals surface area contributed by atoms with E-state index in [1.807, 2.05) is 6.92 Å². The summed E-state index contributed by atoms with van der Waals surface area (Å²) < 4.78 is 10.0. The predicted octanol–water partition coefficient (Wildman–Crippen LogP) is 0.532. The van der Waals surface area contributed by atoms with Crippen molar-refractivity contribution in [3.8, 4) is 5.95 Å². The van der Waals surface area contributed by atoms with E-state index in [-0.39, 0.29) is 0 Å². The summed E-state index contributed by atoms with van der Waals surface area (Å²) in [5.74, 6) is 0.936. The molecule has 56 valence electrons. The summed E-state index contributed by atoms with van der Waals surface area (Å²) in [6.07, 6.45) is 1.52. The minimum Gasteiger partial charge on any atom is -0.464 e. The number of oxazole rings is 1. The maximum atomic E-state index is 5.25. The van der Waals surface area contributed by atoms with Gasteiger partial charge in [-0.3, -0.25) is 0 Å². The third-order valence-corrected chi connectivity index (χ3v) is 0.994. The van der Waals surface area contributed by atoms with Gasteiger partial charge in [-0.05, 0) is 6.92 Å². The Kier molecular flexibility index (Phi) is 2.28. The van der Waals surface area contributed by atoms with Crippen LogP contribution in [0.25, 0.3) is 0 Å². The molecule has 0 bridgehead atoms. The zero-order valence-corrected chi connectivity index (χ0v) is 5.83. The van der Waals surface area contributed by atoms with Crippen molar-refractivity contribution in [2.24, 2.45) is 5.73 Å². The molecule has 0 saturated heterocycles. The fraction of sp³-hybridized carbons (Fsp3) is 0.500. The van der Waals surface area contributed by atoms with Crippen LogP contribution in [0.5, 0.6) is 5.95 Å². The molecule has 0 fully saturated rings. The quantitative estimate of drug-likeness (QED) is 0.668. The fourth-order valence-electron chi connectivity index (χ4n) is 0.597.